The van der Waals surface area contributed by atoms with E-state index in [1.165, 1.54) is 0 Å². The molecule has 2 aromatic rings. The van der Waals surface area contributed by atoms with Crippen molar-refractivity contribution in [2.75, 3.05) is 19.8 Å². The molecule has 1 fully saturated rings. The van der Waals surface area contributed by atoms with Crippen LogP contribution in [0.4, 0.5) is 31.1 Å². The van der Waals surface area contributed by atoms with E-state index in [0.717, 1.165) is 4.90 Å². The number of hydrogen-bond donors (Lipinski definition) is 2. The van der Waals surface area contributed by atoms with Gasteiger partial charge in [0.25, 0.3) is 0 Å². The third kappa shape index (κ3) is 5.06. The highest BCUT2D eigenvalue weighted by atomic mass is 19.4. The van der Waals surface area contributed by atoms with Crippen molar-refractivity contribution in [3.8, 4) is 0 Å². The predicted molar refractivity (Wildman–Crippen MR) is 85.5 cm³/mol. The molecule has 1 aromatic carbocycles. The number of halogens is 6. The SMILES string of the molecule is O=C1N[C@H](C(F)(F)F)CN1Cc1ccc2nc(CCOCC(F)(F)F)[nH]c2c1. The molecule has 1 aromatic heterocycles. The third-order valence-corrected chi connectivity index (χ3v) is 4.10. The summed E-state index contributed by atoms with van der Waals surface area (Å²) in [4.78, 5) is 19.9. The number of alkyl halides is 6. The summed E-state index contributed by atoms with van der Waals surface area (Å²) < 4.78 is 78.8. The minimum absolute atomic E-state index is 0.0165. The highest BCUT2D eigenvalue weighted by Gasteiger charge is 2.46. The van der Waals surface area contributed by atoms with E-state index in [9.17, 15) is 31.1 Å². The summed E-state index contributed by atoms with van der Waals surface area (Å²) in [5, 5.41) is 1.89. The van der Waals surface area contributed by atoms with Crippen LogP contribution in [0.15, 0.2) is 18.2 Å². The van der Waals surface area contributed by atoms with Gasteiger partial charge in [0.15, 0.2) is 0 Å². The van der Waals surface area contributed by atoms with Gasteiger partial charge in [-0.05, 0) is 17.7 Å². The molecule has 154 valence electrons. The maximum Gasteiger partial charge on any atom is 0.411 e. The van der Waals surface area contributed by atoms with E-state index in [1.54, 1.807) is 18.2 Å². The number of nitrogens with zero attached hydrogens (tertiary/aromatic N) is 2. The van der Waals surface area contributed by atoms with Crippen molar-refractivity contribution in [2.45, 2.75) is 31.4 Å². The molecule has 3 rings (SSSR count). The van der Waals surface area contributed by atoms with Crippen molar-refractivity contribution in [3.05, 3.63) is 29.6 Å². The van der Waals surface area contributed by atoms with Crippen molar-refractivity contribution in [2.24, 2.45) is 0 Å². The van der Waals surface area contributed by atoms with Gasteiger partial charge in [-0.15, -0.1) is 0 Å². The molecule has 0 saturated carbocycles. The summed E-state index contributed by atoms with van der Waals surface area (Å²) in [5.41, 5.74) is 1.71. The van der Waals surface area contributed by atoms with Crippen molar-refractivity contribution < 1.29 is 35.9 Å². The van der Waals surface area contributed by atoms with E-state index in [1.807, 2.05) is 5.32 Å². The van der Waals surface area contributed by atoms with E-state index in [0.29, 0.717) is 22.4 Å². The van der Waals surface area contributed by atoms with Crippen molar-refractivity contribution in [1.82, 2.24) is 20.2 Å². The lowest BCUT2D eigenvalue weighted by Crippen LogP contribution is -2.40. The summed E-state index contributed by atoms with van der Waals surface area (Å²) in [7, 11) is 0. The number of aromatic amines is 1. The highest BCUT2D eigenvalue weighted by molar-refractivity contribution is 5.78. The van der Waals surface area contributed by atoms with Crippen molar-refractivity contribution >= 4 is 17.1 Å². The van der Waals surface area contributed by atoms with Crippen LogP contribution >= 0.6 is 0 Å². The average molecular weight is 410 g/mol. The van der Waals surface area contributed by atoms with Crippen LogP contribution in [0.25, 0.3) is 11.0 Å². The van der Waals surface area contributed by atoms with E-state index >= 15 is 0 Å². The van der Waals surface area contributed by atoms with Crippen LogP contribution in [0.1, 0.15) is 11.4 Å². The van der Waals surface area contributed by atoms with Gasteiger partial charge in [-0.1, -0.05) is 6.07 Å². The van der Waals surface area contributed by atoms with Crippen LogP contribution in [-0.4, -0.2) is 59.1 Å². The van der Waals surface area contributed by atoms with Gasteiger partial charge < -0.3 is 19.9 Å². The zero-order valence-corrected chi connectivity index (χ0v) is 14.3. The zero-order valence-electron chi connectivity index (χ0n) is 14.3. The monoisotopic (exact) mass is 410 g/mol. The third-order valence-electron chi connectivity index (χ3n) is 4.10. The molecule has 6 nitrogen and oxygen atoms in total. The number of benzene rings is 1. The first kappa shape index (κ1) is 20.2. The first-order valence-electron chi connectivity index (χ1n) is 8.25. The Morgan fingerprint density at radius 3 is 2.61 bits per heavy atom. The molecule has 1 atom stereocenters. The molecule has 0 radical (unpaired) electrons. The lowest BCUT2D eigenvalue weighted by Gasteiger charge is -2.16. The van der Waals surface area contributed by atoms with Gasteiger partial charge in [-0.2, -0.15) is 26.3 Å². The lowest BCUT2D eigenvalue weighted by molar-refractivity contribution is -0.173. The van der Waals surface area contributed by atoms with Gasteiger partial charge in [-0.25, -0.2) is 9.78 Å². The summed E-state index contributed by atoms with van der Waals surface area (Å²) >= 11 is 0. The first-order valence-corrected chi connectivity index (χ1v) is 8.25. The second-order valence-corrected chi connectivity index (χ2v) is 6.38. The van der Waals surface area contributed by atoms with E-state index in [-0.39, 0.29) is 19.6 Å². The Morgan fingerprint density at radius 1 is 1.21 bits per heavy atom. The van der Waals surface area contributed by atoms with Crippen LogP contribution in [0.5, 0.6) is 0 Å². The summed E-state index contributed by atoms with van der Waals surface area (Å²) in [6.45, 7) is -2.00. The molecular formula is C16H16F6N4O2. The van der Waals surface area contributed by atoms with Crippen LogP contribution in [0, 0.1) is 0 Å². The Balaban J connectivity index is 1.61. The molecule has 2 N–H and O–H groups in total. The topological polar surface area (TPSA) is 70.2 Å². The minimum Gasteiger partial charge on any atom is -0.372 e. The normalized spacial score (nSPS) is 18.1. The zero-order chi connectivity index (χ0) is 20.5. The second-order valence-electron chi connectivity index (χ2n) is 6.38. The largest absolute Gasteiger partial charge is 0.411 e. The maximum absolute atomic E-state index is 12.7. The number of H-pyrrole nitrogens is 1. The van der Waals surface area contributed by atoms with Gasteiger partial charge in [0.05, 0.1) is 24.2 Å². The van der Waals surface area contributed by atoms with Gasteiger partial charge >= 0.3 is 18.4 Å². The number of amides is 2. The number of urea groups is 1. The number of hydrogen-bond acceptors (Lipinski definition) is 3. The average Bonchev–Trinajstić information content (AvgIpc) is 3.14. The highest BCUT2D eigenvalue weighted by Crippen LogP contribution is 2.25. The minimum atomic E-state index is -4.51. The Bertz CT molecular complexity index is 848. The van der Waals surface area contributed by atoms with Crippen LogP contribution in [-0.2, 0) is 17.7 Å². The summed E-state index contributed by atoms with van der Waals surface area (Å²) in [5.74, 6) is 0.422. The molecule has 0 bridgehead atoms. The van der Waals surface area contributed by atoms with Crippen LogP contribution in [0.2, 0.25) is 0 Å². The molecule has 2 amide bonds. The fourth-order valence-electron chi connectivity index (χ4n) is 2.81. The molecule has 1 aliphatic heterocycles. The Hall–Kier alpha value is -2.50. The number of fused-ring (bicyclic) bond motifs is 1. The standard InChI is InChI=1S/C16H16F6N4O2/c17-15(18,19)8-28-4-3-13-23-10-2-1-9(5-11(10)24-13)6-26-7-12(16(20,21)22)25-14(26)27/h1-2,5,12H,3-4,6-8H2,(H,23,24)(H,25,27)/t12-/m0/s1. The number of ether oxygens (including phenoxy) is 1. The molecule has 12 heteroatoms. The van der Waals surface area contributed by atoms with Crippen LogP contribution in [0.3, 0.4) is 0 Å². The molecule has 0 spiro atoms. The van der Waals surface area contributed by atoms with Crippen molar-refractivity contribution in [3.63, 3.8) is 0 Å². The quantitative estimate of drug-likeness (QED) is 0.568. The summed E-state index contributed by atoms with van der Waals surface area (Å²) in [6, 6.07) is 2.18. The molecular weight excluding hydrogens is 394 g/mol. The molecule has 1 saturated heterocycles. The molecule has 0 aliphatic carbocycles. The Morgan fingerprint density at radius 2 is 1.96 bits per heavy atom. The smallest absolute Gasteiger partial charge is 0.372 e. The molecule has 28 heavy (non-hydrogen) atoms. The second kappa shape index (κ2) is 7.49. The first-order chi connectivity index (χ1) is 13.0. The maximum atomic E-state index is 12.7. The molecule has 1 aliphatic rings. The molecule has 2 heterocycles. The molecule has 0 unspecified atom stereocenters. The van der Waals surface area contributed by atoms with E-state index in [4.69, 9.17) is 0 Å². The van der Waals surface area contributed by atoms with Gasteiger partial charge in [-0.3, -0.25) is 0 Å². The fourth-order valence-corrected chi connectivity index (χ4v) is 2.81. The lowest BCUT2D eigenvalue weighted by atomic mass is 10.2. The van der Waals surface area contributed by atoms with Gasteiger partial charge in [0.1, 0.15) is 18.5 Å². The van der Waals surface area contributed by atoms with Gasteiger partial charge in [0, 0.05) is 13.0 Å². The van der Waals surface area contributed by atoms with Gasteiger partial charge in [0.2, 0.25) is 0 Å². The van der Waals surface area contributed by atoms with Crippen LogP contribution < -0.4 is 5.32 Å². The van der Waals surface area contributed by atoms with Crippen molar-refractivity contribution in [1.29, 1.82) is 0 Å². The summed E-state index contributed by atoms with van der Waals surface area (Å²) in [6.07, 6.45) is -8.77. The Labute approximate surface area is 154 Å². The Kier molecular flexibility index (Phi) is 5.41. The fraction of sp³-hybridized carbons (Fsp3) is 0.500. The number of carbonyl (C=O) groups excluding carboxylic acids is 1. The number of aromatic nitrogens is 2. The predicted octanol–water partition coefficient (Wildman–Crippen LogP) is 3.14. The number of imidazole rings is 1. The number of nitrogens with one attached hydrogen (secondary N) is 2. The number of rotatable bonds is 6. The van der Waals surface area contributed by atoms with E-state index in [2.05, 4.69) is 14.7 Å². The van der Waals surface area contributed by atoms with E-state index < -0.39 is 37.6 Å². The number of carbonyl (C=O) groups is 1.